The number of carbonyl (C=O) groups is 2. The lowest BCUT2D eigenvalue weighted by atomic mass is 9.75. The third-order valence-corrected chi connectivity index (χ3v) is 7.93. The van der Waals surface area contributed by atoms with Crippen molar-refractivity contribution >= 4 is 44.3 Å². The minimum Gasteiger partial charge on any atom is -0.342 e. The molecule has 2 saturated heterocycles. The third-order valence-electron chi connectivity index (χ3n) is 6.98. The highest BCUT2D eigenvalue weighted by atomic mass is 32.1. The van der Waals surface area contributed by atoms with Crippen molar-refractivity contribution in [1.29, 1.82) is 0 Å². The second kappa shape index (κ2) is 8.76. The molecule has 5 rings (SSSR count). The lowest BCUT2D eigenvalue weighted by Gasteiger charge is -2.47. The number of anilines is 2. The molecule has 2 aliphatic heterocycles. The Morgan fingerprint density at radius 2 is 2.00 bits per heavy atom. The van der Waals surface area contributed by atoms with Crippen molar-refractivity contribution in [3.05, 3.63) is 53.6 Å². The summed E-state index contributed by atoms with van der Waals surface area (Å²) in [4.78, 5) is 32.3. The Bertz CT molecular complexity index is 1180. The number of carbonyl (C=O) groups excluding carboxylic acids is 2. The lowest BCUT2D eigenvalue weighted by Crippen LogP contribution is -2.57. The van der Waals surface area contributed by atoms with Gasteiger partial charge in [-0.15, -0.1) is 0 Å². The molecule has 2 aromatic carbocycles. The zero-order valence-corrected chi connectivity index (χ0v) is 19.9. The van der Waals surface area contributed by atoms with Gasteiger partial charge < -0.3 is 15.5 Å². The van der Waals surface area contributed by atoms with Gasteiger partial charge in [-0.3, -0.25) is 10.1 Å². The highest BCUT2D eigenvalue weighted by molar-refractivity contribution is 7.22. The number of benzene rings is 2. The Labute approximate surface area is 197 Å². The summed E-state index contributed by atoms with van der Waals surface area (Å²) in [5, 5.41) is 9.85. The number of nitrogens with one attached hydrogen (secondary N) is 3. The topological polar surface area (TPSA) is 86.4 Å². The van der Waals surface area contributed by atoms with Gasteiger partial charge in [0.1, 0.15) is 0 Å². The fourth-order valence-corrected chi connectivity index (χ4v) is 6.05. The molecule has 0 bridgehead atoms. The number of para-hydroxylation sites is 1. The first kappa shape index (κ1) is 21.9. The van der Waals surface area contributed by atoms with Crippen molar-refractivity contribution in [2.75, 3.05) is 24.2 Å². The van der Waals surface area contributed by atoms with Gasteiger partial charge >= 0.3 is 6.03 Å². The number of likely N-dealkylation sites (N-methyl/N-ethyl adjacent to an activating group) is 1. The molecule has 3 amide bonds. The quantitative estimate of drug-likeness (QED) is 0.531. The molecule has 0 spiro atoms. The van der Waals surface area contributed by atoms with Gasteiger partial charge in [0.2, 0.25) is 5.91 Å². The molecule has 7 nitrogen and oxygen atoms in total. The summed E-state index contributed by atoms with van der Waals surface area (Å²) in [6.07, 6.45) is 1.82. The number of urea groups is 1. The fraction of sp³-hybridized carbons (Fsp3) is 0.400. The molecular weight excluding hydrogens is 434 g/mol. The van der Waals surface area contributed by atoms with Crippen LogP contribution in [-0.4, -0.2) is 47.5 Å². The summed E-state index contributed by atoms with van der Waals surface area (Å²) in [7, 11) is 1.94. The van der Waals surface area contributed by atoms with E-state index in [0.717, 1.165) is 40.7 Å². The van der Waals surface area contributed by atoms with Crippen LogP contribution in [0.3, 0.4) is 0 Å². The van der Waals surface area contributed by atoms with E-state index in [1.54, 1.807) is 0 Å². The minimum atomic E-state index is -0.346. The van der Waals surface area contributed by atoms with Crippen LogP contribution < -0.4 is 16.0 Å². The van der Waals surface area contributed by atoms with Gasteiger partial charge in [-0.1, -0.05) is 29.5 Å². The molecule has 3 aromatic rings. The van der Waals surface area contributed by atoms with E-state index >= 15 is 0 Å². The normalized spacial score (nSPS) is 25.1. The van der Waals surface area contributed by atoms with Crippen LogP contribution in [-0.2, 0) is 4.79 Å². The van der Waals surface area contributed by atoms with Crippen molar-refractivity contribution in [2.24, 2.45) is 5.92 Å². The second-order valence-corrected chi connectivity index (χ2v) is 10.3. The van der Waals surface area contributed by atoms with Gasteiger partial charge in [0.05, 0.1) is 16.1 Å². The molecule has 3 heterocycles. The average Bonchev–Trinajstić information content (AvgIpc) is 3.20. The van der Waals surface area contributed by atoms with Crippen LogP contribution in [0.1, 0.15) is 36.8 Å². The summed E-state index contributed by atoms with van der Waals surface area (Å²) in [5.41, 5.74) is 3.58. The van der Waals surface area contributed by atoms with Crippen molar-refractivity contribution in [3.8, 4) is 0 Å². The summed E-state index contributed by atoms with van der Waals surface area (Å²) in [6, 6.07) is 14.0. The number of thiazole rings is 1. The number of piperidine rings is 2. The zero-order valence-electron chi connectivity index (χ0n) is 19.1. The van der Waals surface area contributed by atoms with Gasteiger partial charge in [0.25, 0.3) is 0 Å². The Hall–Kier alpha value is -2.97. The van der Waals surface area contributed by atoms with Gasteiger partial charge in [-0.25, -0.2) is 9.78 Å². The van der Waals surface area contributed by atoms with Crippen molar-refractivity contribution < 1.29 is 9.59 Å². The molecule has 8 heteroatoms. The fourth-order valence-electron chi connectivity index (χ4n) is 5.19. The molecule has 3 N–H and O–H groups in total. The highest BCUT2D eigenvalue weighted by Crippen LogP contribution is 2.39. The maximum atomic E-state index is 13.3. The van der Waals surface area contributed by atoms with Gasteiger partial charge in [-0.05, 0) is 68.0 Å². The number of aryl methyl sites for hydroxylation is 1. The number of nitrogens with zero attached hydrogens (tertiary/aromatic N) is 2. The molecule has 4 unspecified atom stereocenters. The first-order chi connectivity index (χ1) is 15.9. The van der Waals surface area contributed by atoms with Crippen LogP contribution in [0.15, 0.2) is 42.5 Å². The molecule has 0 aliphatic carbocycles. The second-order valence-electron chi connectivity index (χ2n) is 9.25. The number of amides is 3. The SMILES string of the molecule is Cc1ccc(NC(=O)Nc2nc3ccccc3s2)cc1C1CC2CNC(C)CC2N(C)C1=O. The minimum absolute atomic E-state index is 0.171. The monoisotopic (exact) mass is 463 g/mol. The van der Waals surface area contributed by atoms with Crippen LogP contribution in [0, 0.1) is 12.8 Å². The number of hydrogen-bond acceptors (Lipinski definition) is 5. The van der Waals surface area contributed by atoms with Gasteiger partial charge in [0, 0.05) is 31.4 Å². The summed E-state index contributed by atoms with van der Waals surface area (Å²) in [5.74, 6) is 0.414. The van der Waals surface area contributed by atoms with E-state index in [0.29, 0.717) is 28.8 Å². The molecule has 2 aliphatic rings. The number of fused-ring (bicyclic) bond motifs is 2. The van der Waals surface area contributed by atoms with Gasteiger partial charge in [-0.2, -0.15) is 0 Å². The van der Waals surface area contributed by atoms with Crippen LogP contribution >= 0.6 is 11.3 Å². The molecule has 1 aromatic heterocycles. The first-order valence-electron chi connectivity index (χ1n) is 11.4. The van der Waals surface area contributed by atoms with E-state index < -0.39 is 0 Å². The molecule has 33 heavy (non-hydrogen) atoms. The van der Waals surface area contributed by atoms with E-state index in [9.17, 15) is 9.59 Å². The molecule has 172 valence electrons. The Morgan fingerprint density at radius 1 is 1.18 bits per heavy atom. The van der Waals surface area contributed by atoms with Crippen LogP contribution in [0.25, 0.3) is 10.2 Å². The van der Waals surface area contributed by atoms with Crippen LogP contribution in [0.4, 0.5) is 15.6 Å². The maximum absolute atomic E-state index is 13.3. The largest absolute Gasteiger partial charge is 0.342 e. The zero-order chi connectivity index (χ0) is 23.1. The highest BCUT2D eigenvalue weighted by Gasteiger charge is 2.43. The predicted molar refractivity (Wildman–Crippen MR) is 133 cm³/mol. The van der Waals surface area contributed by atoms with Crippen molar-refractivity contribution in [1.82, 2.24) is 15.2 Å². The van der Waals surface area contributed by atoms with Crippen molar-refractivity contribution in [3.63, 3.8) is 0 Å². The number of hydrogen-bond donors (Lipinski definition) is 3. The first-order valence-corrected chi connectivity index (χ1v) is 12.2. The molecule has 0 radical (unpaired) electrons. The van der Waals surface area contributed by atoms with E-state index in [2.05, 4.69) is 27.9 Å². The average molecular weight is 464 g/mol. The molecular formula is C25H29N5O2S. The van der Waals surface area contributed by atoms with E-state index in [4.69, 9.17) is 0 Å². The number of rotatable bonds is 3. The summed E-state index contributed by atoms with van der Waals surface area (Å²) >= 11 is 1.44. The maximum Gasteiger partial charge on any atom is 0.325 e. The Morgan fingerprint density at radius 3 is 2.82 bits per heavy atom. The smallest absolute Gasteiger partial charge is 0.325 e. The Kier molecular flexibility index (Phi) is 5.80. The van der Waals surface area contributed by atoms with E-state index in [1.165, 1.54) is 11.3 Å². The standard InChI is InChI=1S/C25H29N5O2S/c1-14-8-9-17(27-24(32)29-25-28-20-6-4-5-7-22(20)33-25)12-18(14)19-11-16-13-26-15(2)10-21(16)30(3)23(19)31/h4-9,12,15-16,19,21,26H,10-11,13H2,1-3H3,(H2,27,28,29,32). The Balaban J connectivity index is 1.32. The van der Waals surface area contributed by atoms with Crippen LogP contribution in [0.2, 0.25) is 0 Å². The third kappa shape index (κ3) is 4.32. The molecule has 0 saturated carbocycles. The summed E-state index contributed by atoms with van der Waals surface area (Å²) in [6.45, 7) is 5.14. The van der Waals surface area contributed by atoms with Crippen molar-refractivity contribution in [2.45, 2.75) is 44.7 Å². The van der Waals surface area contributed by atoms with E-state index in [1.807, 2.05) is 61.3 Å². The summed E-state index contributed by atoms with van der Waals surface area (Å²) < 4.78 is 1.02. The van der Waals surface area contributed by atoms with E-state index in [-0.39, 0.29) is 17.9 Å². The number of aromatic nitrogens is 1. The van der Waals surface area contributed by atoms with Crippen LogP contribution in [0.5, 0.6) is 0 Å². The molecule has 4 atom stereocenters. The predicted octanol–water partition coefficient (Wildman–Crippen LogP) is 4.56. The number of likely N-dealkylation sites (tertiary alicyclic amines) is 1. The van der Waals surface area contributed by atoms with Gasteiger partial charge in [0.15, 0.2) is 5.13 Å². The lowest BCUT2D eigenvalue weighted by molar-refractivity contribution is -0.140. The molecule has 2 fully saturated rings.